The molecule has 0 amide bonds. The van der Waals surface area contributed by atoms with Crippen molar-refractivity contribution in [3.05, 3.63) is 108 Å². The maximum absolute atomic E-state index is 15.5. The van der Waals surface area contributed by atoms with Crippen molar-refractivity contribution in [2.75, 3.05) is 11.8 Å². The van der Waals surface area contributed by atoms with Crippen LogP contribution in [0.15, 0.2) is 88.9 Å². The molecule has 0 spiro atoms. The molecule has 0 unspecified atom stereocenters. The molecule has 0 aliphatic carbocycles. The van der Waals surface area contributed by atoms with E-state index in [1.54, 1.807) is 6.07 Å². The number of nitrogens with one attached hydrogen (secondary N) is 3. The van der Waals surface area contributed by atoms with Gasteiger partial charge in [0.05, 0.1) is 21.0 Å². The Balaban J connectivity index is 1.52. The van der Waals surface area contributed by atoms with E-state index in [1.165, 1.54) is 43.7 Å². The van der Waals surface area contributed by atoms with Gasteiger partial charge in [0.2, 0.25) is 15.8 Å². The van der Waals surface area contributed by atoms with Crippen LogP contribution in [0.5, 0.6) is 0 Å². The second kappa shape index (κ2) is 10.5. The van der Waals surface area contributed by atoms with Crippen LogP contribution in [0.25, 0.3) is 22.2 Å². The van der Waals surface area contributed by atoms with Gasteiger partial charge < -0.3 is 4.98 Å². The van der Waals surface area contributed by atoms with Gasteiger partial charge in [-0.05, 0) is 61.1 Å². The first-order valence-corrected chi connectivity index (χ1v) is 14.7. The first-order valence-electron chi connectivity index (χ1n) is 11.7. The number of benzene rings is 3. The summed E-state index contributed by atoms with van der Waals surface area (Å²) in [5, 5.41) is 0.212. The molecule has 0 aliphatic rings. The van der Waals surface area contributed by atoms with E-state index in [0.29, 0.717) is 11.1 Å². The van der Waals surface area contributed by atoms with Crippen LogP contribution < -0.4 is 9.44 Å². The fourth-order valence-electron chi connectivity index (χ4n) is 4.11. The molecule has 41 heavy (non-hydrogen) atoms. The highest BCUT2D eigenvalue weighted by molar-refractivity contribution is 7.92. The van der Waals surface area contributed by atoms with E-state index in [2.05, 4.69) is 14.7 Å². The average Bonchev–Trinajstić information content (AvgIpc) is 3.38. The molecule has 0 atom stereocenters. The number of carbonyl (C=O) groups is 1. The van der Waals surface area contributed by atoms with Crippen LogP contribution >= 0.6 is 0 Å². The number of anilines is 1. The summed E-state index contributed by atoms with van der Waals surface area (Å²) < 4.78 is 97.3. The van der Waals surface area contributed by atoms with Crippen LogP contribution in [0.3, 0.4) is 0 Å². The molecule has 210 valence electrons. The number of fused-ring (bicyclic) bond motifs is 1. The molecule has 2 aromatic heterocycles. The maximum Gasteiger partial charge on any atom is 0.262 e. The summed E-state index contributed by atoms with van der Waals surface area (Å²) in [4.78, 5) is 19.9. The molecule has 0 saturated carbocycles. The van der Waals surface area contributed by atoms with Crippen molar-refractivity contribution in [2.45, 2.75) is 9.79 Å². The zero-order valence-corrected chi connectivity index (χ0v) is 22.6. The fraction of sp³-hybridized carbons (Fsp3) is 0.0370. The van der Waals surface area contributed by atoms with E-state index in [1.807, 2.05) is 4.72 Å². The van der Waals surface area contributed by atoms with E-state index in [-0.39, 0.29) is 21.5 Å². The van der Waals surface area contributed by atoms with Crippen molar-refractivity contribution in [3.63, 3.8) is 0 Å². The highest BCUT2D eigenvalue weighted by atomic mass is 32.2. The van der Waals surface area contributed by atoms with Crippen molar-refractivity contribution in [1.82, 2.24) is 14.7 Å². The lowest BCUT2D eigenvalue weighted by Gasteiger charge is -2.12. The number of hydrogen-bond acceptors (Lipinski definition) is 6. The van der Waals surface area contributed by atoms with Crippen LogP contribution in [0.4, 0.5) is 18.9 Å². The normalized spacial score (nSPS) is 12.0. The largest absolute Gasteiger partial charge is 0.345 e. The molecule has 3 aromatic carbocycles. The predicted molar refractivity (Wildman–Crippen MR) is 145 cm³/mol. The quantitative estimate of drug-likeness (QED) is 0.223. The minimum absolute atomic E-state index is 0.0363. The van der Waals surface area contributed by atoms with Gasteiger partial charge in [-0.2, -0.15) is 0 Å². The van der Waals surface area contributed by atoms with Gasteiger partial charge in [-0.25, -0.2) is 39.7 Å². The number of aromatic nitrogens is 2. The second-order valence-electron chi connectivity index (χ2n) is 8.73. The van der Waals surface area contributed by atoms with E-state index in [0.717, 1.165) is 36.4 Å². The summed E-state index contributed by atoms with van der Waals surface area (Å²) in [6, 6.07) is 12.9. The molecule has 0 bridgehead atoms. The first kappa shape index (κ1) is 28.0. The number of sulfonamides is 2. The number of H-pyrrole nitrogens is 1. The van der Waals surface area contributed by atoms with Crippen LogP contribution in [-0.2, 0) is 20.0 Å². The molecule has 5 rings (SSSR count). The summed E-state index contributed by atoms with van der Waals surface area (Å²) in [5.41, 5.74) is -0.606. The summed E-state index contributed by atoms with van der Waals surface area (Å²) in [6.07, 6.45) is 2.69. The topological polar surface area (TPSA) is 138 Å². The Labute approximate surface area is 232 Å². The Kier molecular flexibility index (Phi) is 7.15. The molecule has 14 heteroatoms. The van der Waals surface area contributed by atoms with Crippen molar-refractivity contribution in [2.24, 2.45) is 0 Å². The number of pyridine rings is 1. The molecular weight excluding hydrogens is 581 g/mol. The van der Waals surface area contributed by atoms with Gasteiger partial charge in [-0.15, -0.1) is 0 Å². The van der Waals surface area contributed by atoms with Gasteiger partial charge in [-0.3, -0.25) is 9.52 Å². The lowest BCUT2D eigenvalue weighted by atomic mass is 10.00. The SMILES string of the molecule is CNS(=O)(=O)c1ccc(-c2cnc3[nH]cc(C(=O)c4c(F)ccc(NS(=O)(=O)c5cccc(F)c5)c4F)c3c2)cc1. The molecule has 5 aromatic rings. The Morgan fingerprint density at radius 3 is 2.27 bits per heavy atom. The van der Waals surface area contributed by atoms with Crippen LogP contribution in [0, 0.1) is 17.5 Å². The van der Waals surface area contributed by atoms with E-state index < -0.39 is 59.4 Å². The first-order chi connectivity index (χ1) is 19.4. The summed E-state index contributed by atoms with van der Waals surface area (Å²) in [6.45, 7) is 0. The molecule has 0 saturated heterocycles. The Morgan fingerprint density at radius 2 is 1.59 bits per heavy atom. The fourth-order valence-corrected chi connectivity index (χ4v) is 5.93. The molecule has 0 radical (unpaired) electrons. The molecule has 0 aliphatic heterocycles. The highest BCUT2D eigenvalue weighted by Crippen LogP contribution is 2.30. The molecular formula is C27H19F3N4O5S2. The summed E-state index contributed by atoms with van der Waals surface area (Å²) in [5.74, 6) is -4.63. The summed E-state index contributed by atoms with van der Waals surface area (Å²) >= 11 is 0. The summed E-state index contributed by atoms with van der Waals surface area (Å²) in [7, 11) is -6.85. The maximum atomic E-state index is 15.5. The second-order valence-corrected chi connectivity index (χ2v) is 12.3. The number of aromatic amines is 1. The standard InChI is InChI=1S/C27H19F3N4O5S2/c1-31-40(36,37)18-7-5-15(6-8-18)16-11-20-21(14-33-27(20)32-13-16)26(35)24-22(29)9-10-23(25(24)30)34-41(38,39)19-4-2-3-17(28)12-19/h2-14,31,34H,1H3,(H,32,33). The van der Waals surface area contributed by atoms with Crippen molar-refractivity contribution >= 4 is 42.6 Å². The van der Waals surface area contributed by atoms with Crippen LogP contribution in [0.1, 0.15) is 15.9 Å². The number of nitrogens with zero attached hydrogens (tertiary/aromatic N) is 1. The lowest BCUT2D eigenvalue weighted by Crippen LogP contribution is -2.18. The van der Waals surface area contributed by atoms with E-state index >= 15 is 4.39 Å². The zero-order chi connectivity index (χ0) is 29.5. The minimum Gasteiger partial charge on any atom is -0.345 e. The number of halogens is 3. The predicted octanol–water partition coefficient (Wildman–Crippen LogP) is 4.59. The molecule has 0 fully saturated rings. The van der Waals surface area contributed by atoms with Crippen molar-refractivity contribution in [1.29, 1.82) is 0 Å². The van der Waals surface area contributed by atoms with Gasteiger partial charge in [0.15, 0.2) is 5.82 Å². The Morgan fingerprint density at radius 1 is 0.854 bits per heavy atom. The van der Waals surface area contributed by atoms with E-state index in [9.17, 15) is 30.4 Å². The third-order valence-corrected chi connectivity index (χ3v) is 9.00. The number of ketones is 1. The third kappa shape index (κ3) is 5.31. The molecule has 2 heterocycles. The lowest BCUT2D eigenvalue weighted by molar-refractivity contribution is 0.103. The minimum atomic E-state index is -4.47. The number of rotatable bonds is 8. The monoisotopic (exact) mass is 600 g/mol. The Bertz CT molecular complexity index is 2050. The number of hydrogen-bond donors (Lipinski definition) is 3. The average molecular weight is 601 g/mol. The van der Waals surface area contributed by atoms with Gasteiger partial charge in [-0.1, -0.05) is 18.2 Å². The molecule has 3 N–H and O–H groups in total. The van der Waals surface area contributed by atoms with Gasteiger partial charge >= 0.3 is 0 Å². The number of carbonyl (C=O) groups excluding carboxylic acids is 1. The van der Waals surface area contributed by atoms with Crippen molar-refractivity contribution < 1.29 is 34.8 Å². The highest BCUT2D eigenvalue weighted by Gasteiger charge is 2.27. The van der Waals surface area contributed by atoms with Gasteiger partial charge in [0, 0.05) is 28.9 Å². The molecule has 9 nitrogen and oxygen atoms in total. The van der Waals surface area contributed by atoms with Gasteiger partial charge in [0.25, 0.3) is 10.0 Å². The van der Waals surface area contributed by atoms with Gasteiger partial charge in [0.1, 0.15) is 17.3 Å². The van der Waals surface area contributed by atoms with Crippen LogP contribution in [0.2, 0.25) is 0 Å². The Hall–Kier alpha value is -4.53. The van der Waals surface area contributed by atoms with Crippen molar-refractivity contribution in [3.8, 4) is 11.1 Å². The van der Waals surface area contributed by atoms with E-state index in [4.69, 9.17) is 0 Å². The smallest absolute Gasteiger partial charge is 0.262 e. The zero-order valence-electron chi connectivity index (χ0n) is 20.9. The third-order valence-electron chi connectivity index (χ3n) is 6.21. The van der Waals surface area contributed by atoms with Crippen LogP contribution in [-0.4, -0.2) is 39.6 Å².